The van der Waals surface area contributed by atoms with E-state index in [-0.39, 0.29) is 6.54 Å². The number of piperidine rings is 1. The lowest BCUT2D eigenvalue weighted by atomic mass is 9.94. The van der Waals surface area contributed by atoms with Gasteiger partial charge in [-0.25, -0.2) is 0 Å². The van der Waals surface area contributed by atoms with Crippen molar-refractivity contribution in [2.24, 2.45) is 0 Å². The summed E-state index contributed by atoms with van der Waals surface area (Å²) in [6, 6.07) is 8.19. The molecule has 1 atom stereocenters. The summed E-state index contributed by atoms with van der Waals surface area (Å²) in [5, 5.41) is 13.4. The molecule has 27 heavy (non-hydrogen) atoms. The Morgan fingerprint density at radius 1 is 1.33 bits per heavy atom. The number of carboxylic acids is 1. The first-order chi connectivity index (χ1) is 13.1. The zero-order chi connectivity index (χ0) is 19.2. The second kappa shape index (κ2) is 9.01. The molecular weight excluding hydrogens is 346 g/mol. The molecule has 0 amide bonds. The lowest BCUT2D eigenvalue weighted by molar-refractivity contribution is -0.137. The van der Waals surface area contributed by atoms with Crippen molar-refractivity contribution >= 4 is 5.97 Å². The van der Waals surface area contributed by atoms with Gasteiger partial charge in [0, 0.05) is 37.9 Å². The van der Waals surface area contributed by atoms with Gasteiger partial charge in [0.1, 0.15) is 12.3 Å². The Hall–Kier alpha value is -2.38. The average molecular weight is 373 g/mol. The van der Waals surface area contributed by atoms with Crippen LogP contribution in [0.2, 0.25) is 0 Å². The van der Waals surface area contributed by atoms with E-state index in [9.17, 15) is 4.79 Å². The minimum absolute atomic E-state index is 0.0927. The average Bonchev–Trinajstić information content (AvgIpc) is 3.10. The molecule has 2 heterocycles. The van der Waals surface area contributed by atoms with E-state index in [2.05, 4.69) is 22.1 Å². The van der Waals surface area contributed by atoms with Gasteiger partial charge in [0.25, 0.3) is 0 Å². The van der Waals surface area contributed by atoms with Crippen LogP contribution in [-0.4, -0.2) is 53.1 Å². The van der Waals surface area contributed by atoms with Crippen LogP contribution in [0.25, 0.3) is 0 Å². The smallest absolute Gasteiger partial charge is 0.325 e. The van der Waals surface area contributed by atoms with Gasteiger partial charge in [-0.15, -0.1) is 0 Å². The van der Waals surface area contributed by atoms with Crippen LogP contribution in [0.5, 0.6) is 5.75 Å². The summed E-state index contributed by atoms with van der Waals surface area (Å²) in [6.07, 6.45) is 3.94. The van der Waals surface area contributed by atoms with Gasteiger partial charge in [-0.05, 0) is 43.1 Å². The number of hydrogen-bond donors (Lipinski definition) is 1. The molecule has 0 unspecified atom stereocenters. The summed E-state index contributed by atoms with van der Waals surface area (Å²) in [4.78, 5) is 13.3. The minimum atomic E-state index is -0.874. The predicted molar refractivity (Wildman–Crippen MR) is 101 cm³/mol. The van der Waals surface area contributed by atoms with E-state index in [4.69, 9.17) is 14.6 Å². The predicted octanol–water partition coefficient (Wildman–Crippen LogP) is 2.50. The largest absolute Gasteiger partial charge is 0.496 e. The van der Waals surface area contributed by atoms with Crippen molar-refractivity contribution in [3.8, 4) is 5.75 Å². The lowest BCUT2D eigenvalue weighted by Crippen LogP contribution is -2.34. The molecule has 1 saturated heterocycles. The molecule has 1 aromatic heterocycles. The van der Waals surface area contributed by atoms with E-state index in [0.29, 0.717) is 12.5 Å². The minimum Gasteiger partial charge on any atom is -0.496 e. The van der Waals surface area contributed by atoms with E-state index in [1.54, 1.807) is 20.4 Å². The quantitative estimate of drug-likeness (QED) is 0.766. The Labute approximate surface area is 159 Å². The molecule has 0 saturated carbocycles. The number of carboxylic acid groups (broad SMARTS) is 1. The fourth-order valence-electron chi connectivity index (χ4n) is 3.72. The second-order valence-corrected chi connectivity index (χ2v) is 6.99. The van der Waals surface area contributed by atoms with Crippen molar-refractivity contribution < 1.29 is 19.4 Å². The van der Waals surface area contributed by atoms with Gasteiger partial charge >= 0.3 is 5.97 Å². The van der Waals surface area contributed by atoms with E-state index in [1.807, 2.05) is 12.1 Å². The number of aromatic nitrogens is 2. The summed E-state index contributed by atoms with van der Waals surface area (Å²) in [6.45, 7) is 3.28. The second-order valence-electron chi connectivity index (χ2n) is 6.99. The molecule has 7 heteroatoms. The maximum absolute atomic E-state index is 10.8. The maximum Gasteiger partial charge on any atom is 0.325 e. The molecule has 0 aliphatic carbocycles. The SMILES string of the molecule is COCc1cc(CN2CCC[C@@H](c3ccn(CC(=O)O)n3)C2)ccc1OC. The fourth-order valence-corrected chi connectivity index (χ4v) is 3.72. The molecule has 1 aromatic carbocycles. The highest BCUT2D eigenvalue weighted by Crippen LogP contribution is 2.28. The maximum atomic E-state index is 10.8. The Morgan fingerprint density at radius 2 is 2.19 bits per heavy atom. The zero-order valence-corrected chi connectivity index (χ0v) is 15.9. The molecule has 0 radical (unpaired) electrons. The van der Waals surface area contributed by atoms with Crippen LogP contribution in [0.15, 0.2) is 30.5 Å². The van der Waals surface area contributed by atoms with Gasteiger partial charge in [-0.3, -0.25) is 14.4 Å². The van der Waals surface area contributed by atoms with Crippen LogP contribution in [0.3, 0.4) is 0 Å². The van der Waals surface area contributed by atoms with Gasteiger partial charge in [-0.2, -0.15) is 5.10 Å². The Kier molecular flexibility index (Phi) is 6.47. The Bertz CT molecular complexity index is 774. The number of ether oxygens (including phenoxy) is 2. The molecule has 1 aliphatic rings. The molecule has 0 bridgehead atoms. The molecular formula is C20H27N3O4. The third-order valence-electron chi connectivity index (χ3n) is 4.93. The van der Waals surface area contributed by atoms with Crippen LogP contribution >= 0.6 is 0 Å². The molecule has 146 valence electrons. The number of benzene rings is 1. The molecule has 2 aromatic rings. The Balaban J connectivity index is 1.65. The van der Waals surface area contributed by atoms with Crippen LogP contribution in [0.4, 0.5) is 0 Å². The third kappa shape index (κ3) is 5.08. The monoisotopic (exact) mass is 373 g/mol. The van der Waals surface area contributed by atoms with Crippen molar-refractivity contribution in [2.75, 3.05) is 27.3 Å². The molecule has 7 nitrogen and oxygen atoms in total. The summed E-state index contributed by atoms with van der Waals surface area (Å²) >= 11 is 0. The Morgan fingerprint density at radius 3 is 2.93 bits per heavy atom. The third-order valence-corrected chi connectivity index (χ3v) is 4.93. The first kappa shape index (κ1) is 19.4. The van der Waals surface area contributed by atoms with E-state index in [0.717, 1.165) is 49.5 Å². The van der Waals surface area contributed by atoms with E-state index < -0.39 is 5.97 Å². The molecule has 1 N–H and O–H groups in total. The number of methoxy groups -OCH3 is 2. The van der Waals surface area contributed by atoms with Crippen molar-refractivity contribution in [2.45, 2.75) is 38.5 Å². The zero-order valence-electron chi connectivity index (χ0n) is 15.9. The first-order valence-corrected chi connectivity index (χ1v) is 9.21. The number of likely N-dealkylation sites (tertiary alicyclic amines) is 1. The summed E-state index contributed by atoms with van der Waals surface area (Å²) < 4.78 is 12.2. The molecule has 0 spiro atoms. The molecule has 3 rings (SSSR count). The number of rotatable bonds is 8. The fraction of sp³-hybridized carbons (Fsp3) is 0.500. The highest BCUT2D eigenvalue weighted by atomic mass is 16.5. The first-order valence-electron chi connectivity index (χ1n) is 9.21. The summed E-state index contributed by atoms with van der Waals surface area (Å²) in [5.41, 5.74) is 3.27. The normalized spacial score (nSPS) is 17.8. The summed E-state index contributed by atoms with van der Waals surface area (Å²) in [5.74, 6) is 0.313. The van der Waals surface area contributed by atoms with Crippen molar-refractivity contribution in [1.82, 2.24) is 14.7 Å². The van der Waals surface area contributed by atoms with Crippen LogP contribution < -0.4 is 4.74 Å². The number of carbonyl (C=O) groups is 1. The van der Waals surface area contributed by atoms with Gasteiger partial charge in [0.05, 0.1) is 19.4 Å². The van der Waals surface area contributed by atoms with Crippen LogP contribution in [0.1, 0.15) is 35.6 Å². The van der Waals surface area contributed by atoms with Gasteiger partial charge in [-0.1, -0.05) is 6.07 Å². The molecule has 1 aliphatic heterocycles. The van der Waals surface area contributed by atoms with Crippen molar-refractivity contribution in [3.63, 3.8) is 0 Å². The summed E-state index contributed by atoms with van der Waals surface area (Å²) in [7, 11) is 3.36. The van der Waals surface area contributed by atoms with Gasteiger partial charge < -0.3 is 14.6 Å². The number of hydrogen-bond acceptors (Lipinski definition) is 5. The number of nitrogens with zero attached hydrogens (tertiary/aromatic N) is 3. The highest BCUT2D eigenvalue weighted by molar-refractivity contribution is 5.66. The van der Waals surface area contributed by atoms with Crippen molar-refractivity contribution in [3.05, 3.63) is 47.3 Å². The van der Waals surface area contributed by atoms with Crippen LogP contribution in [-0.2, 0) is 29.2 Å². The van der Waals surface area contributed by atoms with Gasteiger partial charge in [0.15, 0.2) is 0 Å². The number of aliphatic carboxylic acids is 1. The van der Waals surface area contributed by atoms with Gasteiger partial charge in [0.2, 0.25) is 0 Å². The van der Waals surface area contributed by atoms with E-state index in [1.165, 1.54) is 10.2 Å². The molecule has 1 fully saturated rings. The highest BCUT2D eigenvalue weighted by Gasteiger charge is 2.23. The van der Waals surface area contributed by atoms with Crippen molar-refractivity contribution in [1.29, 1.82) is 0 Å². The topological polar surface area (TPSA) is 76.8 Å². The standard InChI is InChI=1S/C20H27N3O4/c1-26-14-17-10-15(5-6-19(17)27-2)11-22-8-3-4-16(12-22)18-7-9-23(21-18)13-20(24)25/h5-7,9-10,16H,3-4,8,11-14H2,1-2H3,(H,24,25)/t16-/m1/s1. The van der Waals surface area contributed by atoms with E-state index >= 15 is 0 Å². The lowest BCUT2D eigenvalue weighted by Gasteiger charge is -2.32. The van der Waals surface area contributed by atoms with Crippen LogP contribution in [0, 0.1) is 0 Å².